The molecule has 3 heteroatoms. The van der Waals surface area contributed by atoms with E-state index in [9.17, 15) is 0 Å². The van der Waals surface area contributed by atoms with Crippen LogP contribution in [0, 0.1) is 0 Å². The summed E-state index contributed by atoms with van der Waals surface area (Å²) >= 11 is 1.75. The maximum atomic E-state index is 6.34. The Morgan fingerprint density at radius 3 is 2.32 bits per heavy atom. The first-order valence-electron chi connectivity index (χ1n) is 9.21. The van der Waals surface area contributed by atoms with Gasteiger partial charge in [0.05, 0.1) is 0 Å². The lowest BCUT2D eigenvalue weighted by molar-refractivity contribution is 0.201. The fourth-order valence-electron chi connectivity index (χ4n) is 2.46. The van der Waals surface area contributed by atoms with Crippen LogP contribution >= 0.6 is 11.3 Å². The van der Waals surface area contributed by atoms with E-state index < -0.39 is 0 Å². The lowest BCUT2D eigenvalue weighted by atomic mass is 10.1. The normalized spacial score (nSPS) is 10.9. The molecule has 1 heterocycles. The van der Waals surface area contributed by atoms with Gasteiger partial charge in [-0.2, -0.15) is 0 Å². The molecule has 3 rings (SSSR count). The minimum Gasteiger partial charge on any atom is -0.484 e. The smallest absolute Gasteiger partial charge is 0.134 e. The van der Waals surface area contributed by atoms with Crippen molar-refractivity contribution >= 4 is 22.1 Å². The molecule has 2 nitrogen and oxygen atoms in total. The Balaban J connectivity index is 0.000000730. The quantitative estimate of drug-likeness (QED) is 0.531. The molecule has 0 fully saturated rings. The number of fused-ring (bicyclic) bond motifs is 1. The fraction of sp³-hybridized carbons (Fsp3) is 0.364. The van der Waals surface area contributed by atoms with Crippen LogP contribution in [-0.2, 0) is 0 Å². The molecular formula is C22H31NOS. The predicted octanol–water partition coefficient (Wildman–Crippen LogP) is 6.68. The third-order valence-corrected chi connectivity index (χ3v) is 4.50. The van der Waals surface area contributed by atoms with Gasteiger partial charge < -0.3 is 10.1 Å². The van der Waals surface area contributed by atoms with Crippen LogP contribution in [0.3, 0.4) is 0 Å². The Morgan fingerprint density at radius 1 is 0.920 bits per heavy atom. The average molecular weight is 358 g/mol. The van der Waals surface area contributed by atoms with Crippen LogP contribution in [0.5, 0.6) is 5.75 Å². The second-order valence-corrected chi connectivity index (χ2v) is 5.97. The van der Waals surface area contributed by atoms with Crippen molar-refractivity contribution in [2.45, 2.75) is 40.2 Å². The van der Waals surface area contributed by atoms with E-state index in [-0.39, 0.29) is 6.10 Å². The highest BCUT2D eigenvalue weighted by Gasteiger charge is 2.15. The molecule has 0 spiro atoms. The SMILES string of the molecule is CC.CC.CNCCC(Oc1cccc2ccccc12)c1cccs1. The van der Waals surface area contributed by atoms with Crippen molar-refractivity contribution in [2.24, 2.45) is 0 Å². The van der Waals surface area contributed by atoms with Gasteiger partial charge in [0.25, 0.3) is 0 Å². The molecule has 0 aliphatic heterocycles. The van der Waals surface area contributed by atoms with Crippen molar-refractivity contribution in [2.75, 3.05) is 13.6 Å². The molecule has 136 valence electrons. The van der Waals surface area contributed by atoms with Gasteiger partial charge in [-0.3, -0.25) is 0 Å². The van der Waals surface area contributed by atoms with Crippen molar-refractivity contribution in [3.8, 4) is 5.75 Å². The van der Waals surface area contributed by atoms with E-state index in [0.717, 1.165) is 18.7 Å². The molecule has 3 aromatic rings. The van der Waals surface area contributed by atoms with Gasteiger partial charge in [-0.25, -0.2) is 0 Å². The minimum atomic E-state index is 0.100. The lowest BCUT2D eigenvalue weighted by Crippen LogP contribution is -2.15. The molecule has 0 radical (unpaired) electrons. The summed E-state index contributed by atoms with van der Waals surface area (Å²) < 4.78 is 6.34. The van der Waals surface area contributed by atoms with Crippen LogP contribution in [0.2, 0.25) is 0 Å². The highest BCUT2D eigenvalue weighted by molar-refractivity contribution is 7.10. The van der Waals surface area contributed by atoms with E-state index in [1.807, 2.05) is 34.7 Å². The highest BCUT2D eigenvalue weighted by atomic mass is 32.1. The topological polar surface area (TPSA) is 21.3 Å². The zero-order valence-corrected chi connectivity index (χ0v) is 16.9. The Labute approximate surface area is 156 Å². The molecule has 0 aliphatic rings. The van der Waals surface area contributed by atoms with Gasteiger partial charge in [0.1, 0.15) is 11.9 Å². The number of benzene rings is 2. The van der Waals surface area contributed by atoms with E-state index in [1.165, 1.54) is 15.6 Å². The Bertz CT molecular complexity index is 689. The van der Waals surface area contributed by atoms with Crippen molar-refractivity contribution in [1.82, 2.24) is 5.32 Å². The molecule has 25 heavy (non-hydrogen) atoms. The maximum Gasteiger partial charge on any atom is 0.134 e. The van der Waals surface area contributed by atoms with Crippen LogP contribution in [-0.4, -0.2) is 13.6 Å². The van der Waals surface area contributed by atoms with Crippen LogP contribution in [0.15, 0.2) is 60.0 Å². The monoisotopic (exact) mass is 357 g/mol. The molecule has 0 aliphatic carbocycles. The third kappa shape index (κ3) is 6.18. The molecule has 0 saturated carbocycles. The largest absolute Gasteiger partial charge is 0.484 e. The van der Waals surface area contributed by atoms with Crippen LogP contribution in [0.25, 0.3) is 10.8 Å². The van der Waals surface area contributed by atoms with Gasteiger partial charge in [-0.05, 0) is 36.5 Å². The van der Waals surface area contributed by atoms with Crippen LogP contribution in [0.4, 0.5) is 0 Å². The maximum absolute atomic E-state index is 6.34. The van der Waals surface area contributed by atoms with E-state index in [0.29, 0.717) is 0 Å². The first kappa shape index (κ1) is 21.2. The molecule has 0 saturated heterocycles. The summed E-state index contributed by atoms with van der Waals surface area (Å²) in [4.78, 5) is 1.28. The third-order valence-electron chi connectivity index (χ3n) is 3.54. The van der Waals surface area contributed by atoms with Crippen molar-refractivity contribution in [3.05, 3.63) is 64.9 Å². The molecule has 1 unspecified atom stereocenters. The molecular weight excluding hydrogens is 326 g/mol. The molecule has 1 atom stereocenters. The lowest BCUT2D eigenvalue weighted by Gasteiger charge is -2.19. The highest BCUT2D eigenvalue weighted by Crippen LogP contribution is 2.32. The molecule has 1 aromatic heterocycles. The van der Waals surface area contributed by atoms with Gasteiger partial charge in [0.15, 0.2) is 0 Å². The van der Waals surface area contributed by atoms with E-state index >= 15 is 0 Å². The number of thiophene rings is 1. The number of rotatable bonds is 6. The zero-order chi connectivity index (χ0) is 18.5. The summed E-state index contributed by atoms with van der Waals surface area (Å²) in [7, 11) is 1.98. The number of ether oxygens (including phenoxy) is 1. The molecule has 0 bridgehead atoms. The zero-order valence-electron chi connectivity index (χ0n) is 16.1. The number of nitrogens with one attached hydrogen (secondary N) is 1. The van der Waals surface area contributed by atoms with Crippen LogP contribution in [0.1, 0.15) is 45.1 Å². The Morgan fingerprint density at radius 2 is 1.64 bits per heavy atom. The van der Waals surface area contributed by atoms with Crippen molar-refractivity contribution in [3.63, 3.8) is 0 Å². The number of hydrogen-bond acceptors (Lipinski definition) is 3. The fourth-order valence-corrected chi connectivity index (χ4v) is 3.25. The van der Waals surface area contributed by atoms with Crippen LogP contribution < -0.4 is 10.1 Å². The standard InChI is InChI=1S/C18H19NOS.2C2H6/c1-19-12-11-17(18-10-5-13-21-18)20-16-9-4-7-14-6-2-3-8-15(14)16;2*1-2/h2-10,13,17,19H,11-12H2,1H3;2*1-2H3. The van der Waals surface area contributed by atoms with E-state index in [1.54, 1.807) is 11.3 Å². The molecule has 2 aromatic carbocycles. The summed E-state index contributed by atoms with van der Waals surface area (Å²) in [5.74, 6) is 0.961. The first-order valence-corrected chi connectivity index (χ1v) is 10.1. The molecule has 0 amide bonds. The van der Waals surface area contributed by atoms with Gasteiger partial charge in [0, 0.05) is 16.7 Å². The van der Waals surface area contributed by atoms with Gasteiger partial charge >= 0.3 is 0 Å². The molecule has 1 N–H and O–H groups in total. The predicted molar refractivity (Wildman–Crippen MR) is 113 cm³/mol. The summed E-state index contributed by atoms with van der Waals surface area (Å²) in [6, 6.07) is 18.8. The summed E-state index contributed by atoms with van der Waals surface area (Å²) in [6.07, 6.45) is 1.06. The Kier molecular flexibility index (Phi) is 10.6. The second-order valence-electron chi connectivity index (χ2n) is 4.99. The average Bonchev–Trinajstić information content (AvgIpc) is 3.23. The van der Waals surface area contributed by atoms with Gasteiger partial charge in [-0.1, -0.05) is 70.2 Å². The summed E-state index contributed by atoms with van der Waals surface area (Å²) in [6.45, 7) is 8.94. The van der Waals surface area contributed by atoms with Crippen molar-refractivity contribution in [1.29, 1.82) is 0 Å². The summed E-state index contributed by atoms with van der Waals surface area (Å²) in [5.41, 5.74) is 0. The number of hydrogen-bond donors (Lipinski definition) is 1. The Hall–Kier alpha value is -1.84. The second kappa shape index (κ2) is 12.5. The van der Waals surface area contributed by atoms with Crippen molar-refractivity contribution < 1.29 is 4.74 Å². The first-order chi connectivity index (χ1) is 12.4. The minimum absolute atomic E-state index is 0.100. The van der Waals surface area contributed by atoms with E-state index in [2.05, 4.69) is 65.3 Å². The summed E-state index contributed by atoms with van der Waals surface area (Å²) in [5, 5.41) is 7.70. The van der Waals surface area contributed by atoms with Gasteiger partial charge in [-0.15, -0.1) is 11.3 Å². The van der Waals surface area contributed by atoms with E-state index in [4.69, 9.17) is 4.74 Å². The van der Waals surface area contributed by atoms with Gasteiger partial charge in [0.2, 0.25) is 0 Å².